The Morgan fingerprint density at radius 2 is 1.97 bits per heavy atom. The third-order valence-corrected chi connectivity index (χ3v) is 6.04. The number of ether oxygens (including phenoxy) is 1. The van der Waals surface area contributed by atoms with Crippen LogP contribution >= 0.6 is 11.8 Å². The Kier molecular flexibility index (Phi) is 4.24. The number of nitrogens with zero attached hydrogens (tertiary/aromatic N) is 5. The summed E-state index contributed by atoms with van der Waals surface area (Å²) in [4.78, 5) is 42.8. The minimum atomic E-state index is -0.995. The summed E-state index contributed by atoms with van der Waals surface area (Å²) in [6.07, 6.45) is 4.69. The van der Waals surface area contributed by atoms with Crippen LogP contribution in [-0.2, 0) is 4.79 Å². The highest BCUT2D eigenvalue weighted by Gasteiger charge is 2.46. The second kappa shape index (κ2) is 6.95. The van der Waals surface area contributed by atoms with Gasteiger partial charge in [-0.15, -0.1) is 0 Å². The van der Waals surface area contributed by atoms with Crippen molar-refractivity contribution >= 4 is 35.1 Å². The van der Waals surface area contributed by atoms with Gasteiger partial charge in [-0.1, -0.05) is 11.8 Å². The van der Waals surface area contributed by atoms with Crippen molar-refractivity contribution in [1.82, 2.24) is 25.3 Å². The molecule has 3 aromatic rings. The van der Waals surface area contributed by atoms with E-state index in [2.05, 4.69) is 25.3 Å². The third kappa shape index (κ3) is 2.90. The van der Waals surface area contributed by atoms with E-state index >= 15 is 0 Å². The summed E-state index contributed by atoms with van der Waals surface area (Å²) in [5, 5.41) is 12.1. The Hall–Kier alpha value is -3.73. The van der Waals surface area contributed by atoms with Gasteiger partial charge in [0.25, 0.3) is 0 Å². The Bertz CT molecular complexity index is 1170. The number of anilines is 2. The van der Waals surface area contributed by atoms with Gasteiger partial charge in [0.15, 0.2) is 0 Å². The summed E-state index contributed by atoms with van der Waals surface area (Å²) in [5.41, 5.74) is 2.38. The van der Waals surface area contributed by atoms with Gasteiger partial charge < -0.3 is 15.2 Å². The predicted octanol–water partition coefficient (Wildman–Crippen LogP) is 2.83. The van der Waals surface area contributed by atoms with E-state index in [1.807, 2.05) is 0 Å². The van der Waals surface area contributed by atoms with Gasteiger partial charge >= 0.3 is 18.0 Å². The first-order valence-electron chi connectivity index (χ1n) is 8.94. The average molecular weight is 422 g/mol. The highest BCUT2D eigenvalue weighted by atomic mass is 32.2. The molecule has 2 aliphatic heterocycles. The zero-order chi connectivity index (χ0) is 20.8. The Morgan fingerprint density at radius 1 is 1.17 bits per heavy atom. The van der Waals surface area contributed by atoms with Crippen molar-refractivity contribution in [3.63, 3.8) is 0 Å². The quantitative estimate of drug-likeness (QED) is 0.651. The number of rotatable bonds is 4. The molecule has 0 saturated heterocycles. The molecule has 3 aromatic heterocycles. The van der Waals surface area contributed by atoms with Crippen LogP contribution in [-0.4, -0.2) is 42.3 Å². The number of aryl methyl sites for hydroxylation is 1. The zero-order valence-corrected chi connectivity index (χ0v) is 16.3. The first kappa shape index (κ1) is 18.3. The molecule has 30 heavy (non-hydrogen) atoms. The largest absolute Gasteiger partial charge is 0.480 e. The molecular formula is C19H14N6O4S. The van der Waals surface area contributed by atoms with Gasteiger partial charge in [-0.05, 0) is 25.1 Å². The molecule has 2 aliphatic rings. The van der Waals surface area contributed by atoms with Crippen molar-refractivity contribution in [2.24, 2.45) is 0 Å². The molecule has 0 bridgehead atoms. The van der Waals surface area contributed by atoms with Crippen LogP contribution in [0.5, 0.6) is 11.9 Å². The van der Waals surface area contributed by atoms with E-state index in [0.29, 0.717) is 33.5 Å². The number of carbonyl (C=O) groups excluding carboxylic acids is 1. The summed E-state index contributed by atoms with van der Waals surface area (Å²) in [5.74, 6) is -0.704. The summed E-state index contributed by atoms with van der Waals surface area (Å²) in [6.45, 7) is 1.75. The molecule has 5 rings (SSSR count). The number of amides is 2. The molecule has 2 amide bonds. The predicted molar refractivity (Wildman–Crippen MR) is 106 cm³/mol. The van der Waals surface area contributed by atoms with Crippen LogP contribution in [0.25, 0.3) is 0 Å². The Morgan fingerprint density at radius 3 is 2.70 bits per heavy atom. The standard InChI is InChI=1S/C19H14N6O4S/c1-9-10(3-4-12(23-9)29-18-21-6-2-7-22-18)25-11-5-8-20-16-13(11)14(24-19(25)28)15(30-16)17(26)27/h2-8,14-15H,1H3,(H,24,28)(H,26,27). The molecule has 5 heterocycles. The molecular weight excluding hydrogens is 408 g/mol. The lowest BCUT2D eigenvalue weighted by Crippen LogP contribution is -2.47. The molecule has 0 saturated carbocycles. The zero-order valence-electron chi connectivity index (χ0n) is 15.5. The number of pyridine rings is 2. The van der Waals surface area contributed by atoms with Crippen LogP contribution in [0.1, 0.15) is 17.3 Å². The maximum Gasteiger partial charge on any atom is 0.327 e. The average Bonchev–Trinajstić information content (AvgIpc) is 3.10. The van der Waals surface area contributed by atoms with E-state index < -0.39 is 23.3 Å². The molecule has 0 radical (unpaired) electrons. The summed E-state index contributed by atoms with van der Waals surface area (Å²) >= 11 is 1.14. The fourth-order valence-electron chi connectivity index (χ4n) is 3.51. The van der Waals surface area contributed by atoms with Gasteiger partial charge in [0.1, 0.15) is 10.3 Å². The van der Waals surface area contributed by atoms with Gasteiger partial charge in [0.05, 0.1) is 23.1 Å². The van der Waals surface area contributed by atoms with E-state index in [1.54, 1.807) is 49.8 Å². The molecule has 11 heteroatoms. The van der Waals surface area contributed by atoms with E-state index in [1.165, 1.54) is 4.90 Å². The van der Waals surface area contributed by atoms with E-state index in [0.717, 1.165) is 11.8 Å². The minimum absolute atomic E-state index is 0.166. The van der Waals surface area contributed by atoms with E-state index in [-0.39, 0.29) is 6.01 Å². The number of hydrogen-bond donors (Lipinski definition) is 2. The molecule has 0 fully saturated rings. The number of aromatic nitrogens is 4. The molecule has 0 aromatic carbocycles. The van der Waals surface area contributed by atoms with Crippen LogP contribution in [0, 0.1) is 6.92 Å². The van der Waals surface area contributed by atoms with Gasteiger partial charge in [-0.25, -0.2) is 24.7 Å². The van der Waals surface area contributed by atoms with E-state index in [4.69, 9.17) is 4.74 Å². The van der Waals surface area contributed by atoms with Gasteiger partial charge in [-0.3, -0.25) is 9.69 Å². The van der Waals surface area contributed by atoms with Crippen molar-refractivity contribution in [3.05, 3.63) is 54.1 Å². The van der Waals surface area contributed by atoms with Crippen LogP contribution in [0.2, 0.25) is 0 Å². The first-order valence-corrected chi connectivity index (χ1v) is 9.82. The van der Waals surface area contributed by atoms with Crippen molar-refractivity contribution < 1.29 is 19.4 Å². The topological polar surface area (TPSA) is 130 Å². The highest BCUT2D eigenvalue weighted by molar-refractivity contribution is 8.00. The lowest BCUT2D eigenvalue weighted by Gasteiger charge is -2.34. The first-order chi connectivity index (χ1) is 14.5. The molecule has 0 spiro atoms. The number of carbonyl (C=O) groups is 2. The number of urea groups is 1. The molecule has 0 aliphatic carbocycles. The van der Waals surface area contributed by atoms with Gasteiger partial charge in [0.2, 0.25) is 5.88 Å². The highest BCUT2D eigenvalue weighted by Crippen LogP contribution is 2.50. The van der Waals surface area contributed by atoms with Gasteiger partial charge in [-0.2, -0.15) is 0 Å². The normalized spacial score (nSPS) is 19.2. The maximum absolute atomic E-state index is 13.0. The molecule has 2 atom stereocenters. The van der Waals surface area contributed by atoms with Crippen molar-refractivity contribution in [2.75, 3.05) is 4.90 Å². The number of aliphatic carboxylic acids is 1. The summed E-state index contributed by atoms with van der Waals surface area (Å²) < 4.78 is 5.55. The fraction of sp³-hybridized carbons (Fsp3) is 0.158. The third-order valence-electron chi connectivity index (χ3n) is 4.76. The second-order valence-corrected chi connectivity index (χ2v) is 7.71. The van der Waals surface area contributed by atoms with Crippen LogP contribution < -0.4 is 15.0 Å². The number of carboxylic acids is 1. The van der Waals surface area contributed by atoms with E-state index in [9.17, 15) is 14.7 Å². The molecule has 2 unspecified atom stereocenters. The van der Waals surface area contributed by atoms with Crippen LogP contribution in [0.3, 0.4) is 0 Å². The number of hydrogen-bond acceptors (Lipinski definition) is 8. The second-order valence-electron chi connectivity index (χ2n) is 6.58. The monoisotopic (exact) mass is 422 g/mol. The number of nitrogens with one attached hydrogen (secondary N) is 1. The number of thioether (sulfide) groups is 1. The Balaban J connectivity index is 1.53. The summed E-state index contributed by atoms with van der Waals surface area (Å²) in [6, 6.07) is 5.82. The lowest BCUT2D eigenvalue weighted by atomic mass is 10.0. The minimum Gasteiger partial charge on any atom is -0.480 e. The SMILES string of the molecule is Cc1nc(Oc2ncccn2)ccc1N1C(=O)NC2c3c1ccnc3SC2C(=O)O. The van der Waals surface area contributed by atoms with Crippen LogP contribution in [0.4, 0.5) is 16.2 Å². The molecule has 2 N–H and O–H groups in total. The van der Waals surface area contributed by atoms with Crippen molar-refractivity contribution in [3.8, 4) is 11.9 Å². The molecule has 10 nitrogen and oxygen atoms in total. The number of carboxylic acid groups (broad SMARTS) is 1. The van der Waals surface area contributed by atoms with Crippen LogP contribution in [0.15, 0.2) is 47.9 Å². The smallest absolute Gasteiger partial charge is 0.327 e. The van der Waals surface area contributed by atoms with Gasteiger partial charge in [0, 0.05) is 30.2 Å². The van der Waals surface area contributed by atoms with Crippen molar-refractivity contribution in [1.29, 1.82) is 0 Å². The van der Waals surface area contributed by atoms with Crippen molar-refractivity contribution in [2.45, 2.75) is 23.2 Å². The maximum atomic E-state index is 13.0. The lowest BCUT2D eigenvalue weighted by molar-refractivity contribution is -0.136. The summed E-state index contributed by atoms with van der Waals surface area (Å²) in [7, 11) is 0. The fourth-order valence-corrected chi connectivity index (χ4v) is 4.67. The Labute approximate surface area is 174 Å². The molecule has 150 valence electrons.